The van der Waals surface area contributed by atoms with Gasteiger partial charge in [-0.3, -0.25) is 9.59 Å². The molecule has 0 aliphatic carbocycles. The van der Waals surface area contributed by atoms with Crippen molar-refractivity contribution < 1.29 is 9.59 Å². The Kier molecular flexibility index (Phi) is 5.69. The number of aromatic nitrogens is 1. The highest BCUT2D eigenvalue weighted by molar-refractivity contribution is 5.97. The van der Waals surface area contributed by atoms with Gasteiger partial charge >= 0.3 is 0 Å². The van der Waals surface area contributed by atoms with Gasteiger partial charge in [0.2, 0.25) is 11.8 Å². The zero-order chi connectivity index (χ0) is 21.3. The van der Waals surface area contributed by atoms with Crippen LogP contribution in [-0.2, 0) is 27.8 Å². The number of allylic oxidation sites excluding steroid dienone is 3. The van der Waals surface area contributed by atoms with Crippen molar-refractivity contribution in [3.8, 4) is 0 Å². The Morgan fingerprint density at radius 2 is 1.90 bits per heavy atom. The Morgan fingerprint density at radius 1 is 1.17 bits per heavy atom. The number of fused-ring (bicyclic) bond motifs is 1. The van der Waals surface area contributed by atoms with Crippen LogP contribution in [0.3, 0.4) is 0 Å². The first kappa shape index (κ1) is 20.9. The SMILES string of the molecule is C=CC(C)(C)c1[nH]c2c(CC=C(C)C)cccc2c1C[C@@H]1NC(=O)[C@H](C)NC1=O. The maximum atomic E-state index is 12.5. The van der Waals surface area contributed by atoms with Crippen LogP contribution in [0.4, 0.5) is 0 Å². The summed E-state index contributed by atoms with van der Waals surface area (Å²) in [7, 11) is 0. The van der Waals surface area contributed by atoms with E-state index in [-0.39, 0.29) is 17.2 Å². The molecule has 2 atom stereocenters. The standard InChI is InChI=1S/C24H31N3O2/c1-7-24(5,6)21-18(13-19-23(29)25-15(4)22(28)26-19)17-10-8-9-16(20(17)27-21)12-11-14(2)3/h7-11,15,19,27H,1,12-13H2,2-6H3,(H,25,29)(H,26,28)/t15-,19-/m0/s1. The average Bonchev–Trinajstić information content (AvgIpc) is 3.04. The Balaban J connectivity index is 2.11. The van der Waals surface area contributed by atoms with Crippen LogP contribution in [0.25, 0.3) is 10.9 Å². The molecule has 2 aromatic rings. The van der Waals surface area contributed by atoms with Crippen molar-refractivity contribution in [3.63, 3.8) is 0 Å². The van der Waals surface area contributed by atoms with E-state index < -0.39 is 12.1 Å². The van der Waals surface area contributed by atoms with Crippen LogP contribution in [0, 0.1) is 0 Å². The molecule has 1 fully saturated rings. The quantitative estimate of drug-likeness (QED) is 0.655. The molecule has 1 aromatic carbocycles. The normalized spacial score (nSPS) is 19.6. The maximum absolute atomic E-state index is 12.5. The number of carbonyl (C=O) groups excluding carboxylic acids is 2. The molecule has 2 amide bonds. The smallest absolute Gasteiger partial charge is 0.243 e. The summed E-state index contributed by atoms with van der Waals surface area (Å²) in [6, 6.07) is 5.19. The van der Waals surface area contributed by atoms with Gasteiger partial charge in [0.25, 0.3) is 0 Å². The van der Waals surface area contributed by atoms with Gasteiger partial charge in [0.15, 0.2) is 0 Å². The van der Waals surface area contributed by atoms with E-state index in [0.717, 1.165) is 28.6 Å². The van der Waals surface area contributed by atoms with Gasteiger partial charge in [-0.2, -0.15) is 0 Å². The van der Waals surface area contributed by atoms with E-state index in [1.807, 2.05) is 6.08 Å². The van der Waals surface area contributed by atoms with Crippen molar-refractivity contribution in [1.29, 1.82) is 0 Å². The van der Waals surface area contributed by atoms with E-state index in [0.29, 0.717) is 6.42 Å². The monoisotopic (exact) mass is 393 g/mol. The number of para-hydroxylation sites is 1. The van der Waals surface area contributed by atoms with Crippen molar-refractivity contribution in [2.75, 3.05) is 0 Å². The summed E-state index contributed by atoms with van der Waals surface area (Å²) in [6.07, 6.45) is 5.40. The lowest BCUT2D eigenvalue weighted by atomic mass is 9.84. The number of hydrogen-bond donors (Lipinski definition) is 3. The molecule has 0 saturated carbocycles. The fourth-order valence-corrected chi connectivity index (χ4v) is 3.77. The molecule has 5 nitrogen and oxygen atoms in total. The average molecular weight is 394 g/mol. The highest BCUT2D eigenvalue weighted by Crippen LogP contribution is 2.35. The predicted octanol–water partition coefficient (Wildman–Crippen LogP) is 3.69. The molecular formula is C24H31N3O2. The first-order valence-corrected chi connectivity index (χ1v) is 10.1. The number of benzene rings is 1. The summed E-state index contributed by atoms with van der Waals surface area (Å²) in [6.45, 7) is 14.1. The van der Waals surface area contributed by atoms with Crippen molar-refractivity contribution >= 4 is 22.7 Å². The van der Waals surface area contributed by atoms with Crippen molar-refractivity contribution in [3.05, 3.63) is 59.3 Å². The predicted molar refractivity (Wildman–Crippen MR) is 118 cm³/mol. The fraction of sp³-hybridized carbons (Fsp3) is 0.417. The number of nitrogens with one attached hydrogen (secondary N) is 3. The Bertz CT molecular complexity index is 993. The Morgan fingerprint density at radius 3 is 2.55 bits per heavy atom. The number of hydrogen-bond acceptors (Lipinski definition) is 2. The lowest BCUT2D eigenvalue weighted by Gasteiger charge is -2.29. The molecular weight excluding hydrogens is 362 g/mol. The van der Waals surface area contributed by atoms with E-state index in [2.05, 4.69) is 74.2 Å². The third-order valence-corrected chi connectivity index (χ3v) is 5.71. The van der Waals surface area contributed by atoms with E-state index in [1.165, 1.54) is 11.1 Å². The van der Waals surface area contributed by atoms with Gasteiger partial charge < -0.3 is 15.6 Å². The molecule has 5 heteroatoms. The van der Waals surface area contributed by atoms with Crippen LogP contribution in [0.15, 0.2) is 42.5 Å². The maximum Gasteiger partial charge on any atom is 0.243 e. The minimum Gasteiger partial charge on any atom is -0.357 e. The van der Waals surface area contributed by atoms with Crippen LogP contribution in [0.1, 0.15) is 51.4 Å². The van der Waals surface area contributed by atoms with Gasteiger partial charge in [-0.05, 0) is 38.3 Å². The molecule has 3 rings (SSSR count). The molecule has 0 spiro atoms. The minimum atomic E-state index is -0.585. The van der Waals surface area contributed by atoms with Crippen molar-refractivity contribution in [2.45, 2.75) is 65.0 Å². The van der Waals surface area contributed by atoms with Crippen LogP contribution < -0.4 is 10.6 Å². The summed E-state index contributed by atoms with van der Waals surface area (Å²) >= 11 is 0. The van der Waals surface area contributed by atoms with E-state index >= 15 is 0 Å². The molecule has 1 aliphatic heterocycles. The first-order chi connectivity index (χ1) is 13.6. The van der Waals surface area contributed by atoms with Crippen LogP contribution in [0.2, 0.25) is 0 Å². The Hall–Kier alpha value is -2.82. The van der Waals surface area contributed by atoms with Gasteiger partial charge in [-0.25, -0.2) is 0 Å². The number of H-pyrrole nitrogens is 1. The summed E-state index contributed by atoms with van der Waals surface area (Å²) in [5.74, 6) is -0.294. The van der Waals surface area contributed by atoms with Gasteiger partial charge in [0, 0.05) is 28.4 Å². The van der Waals surface area contributed by atoms with Gasteiger partial charge in [-0.1, -0.05) is 49.8 Å². The second-order valence-corrected chi connectivity index (χ2v) is 8.73. The second kappa shape index (κ2) is 7.90. The molecule has 0 unspecified atom stereocenters. The molecule has 0 radical (unpaired) electrons. The van der Waals surface area contributed by atoms with Crippen LogP contribution >= 0.6 is 0 Å². The van der Waals surface area contributed by atoms with Crippen LogP contribution in [0.5, 0.6) is 0 Å². The van der Waals surface area contributed by atoms with Gasteiger partial charge in [0.05, 0.1) is 0 Å². The molecule has 0 bridgehead atoms. The van der Waals surface area contributed by atoms with Gasteiger partial charge in [0.1, 0.15) is 12.1 Å². The summed E-state index contributed by atoms with van der Waals surface area (Å²) in [4.78, 5) is 28.3. The summed E-state index contributed by atoms with van der Waals surface area (Å²) in [5.41, 5.74) is 5.36. The third-order valence-electron chi connectivity index (χ3n) is 5.71. The lowest BCUT2D eigenvalue weighted by molar-refractivity contribution is -0.136. The number of piperazine rings is 1. The van der Waals surface area contributed by atoms with Crippen LogP contribution in [-0.4, -0.2) is 28.9 Å². The largest absolute Gasteiger partial charge is 0.357 e. The molecule has 1 saturated heterocycles. The second-order valence-electron chi connectivity index (χ2n) is 8.73. The lowest BCUT2D eigenvalue weighted by Crippen LogP contribution is -2.61. The van der Waals surface area contributed by atoms with E-state index in [9.17, 15) is 9.59 Å². The topological polar surface area (TPSA) is 74.0 Å². The van der Waals surface area contributed by atoms with E-state index in [4.69, 9.17) is 0 Å². The molecule has 1 aliphatic rings. The molecule has 29 heavy (non-hydrogen) atoms. The minimum absolute atomic E-state index is 0.144. The van der Waals surface area contributed by atoms with E-state index in [1.54, 1.807) is 6.92 Å². The number of carbonyl (C=O) groups is 2. The third kappa shape index (κ3) is 4.14. The first-order valence-electron chi connectivity index (χ1n) is 10.1. The van der Waals surface area contributed by atoms with Gasteiger partial charge in [-0.15, -0.1) is 6.58 Å². The number of rotatable bonds is 6. The molecule has 3 N–H and O–H groups in total. The highest BCUT2D eigenvalue weighted by Gasteiger charge is 2.34. The Labute approximate surface area is 172 Å². The number of aromatic amines is 1. The van der Waals surface area contributed by atoms with Crippen molar-refractivity contribution in [1.82, 2.24) is 15.6 Å². The summed E-state index contributed by atoms with van der Waals surface area (Å²) in [5, 5.41) is 6.73. The zero-order valence-corrected chi connectivity index (χ0v) is 18.0. The number of amides is 2. The summed E-state index contributed by atoms with van der Waals surface area (Å²) < 4.78 is 0. The zero-order valence-electron chi connectivity index (χ0n) is 18.0. The fourth-order valence-electron chi connectivity index (χ4n) is 3.77. The van der Waals surface area contributed by atoms with Crippen molar-refractivity contribution in [2.24, 2.45) is 0 Å². The molecule has 2 heterocycles. The molecule has 154 valence electrons. The molecule has 1 aromatic heterocycles. The highest BCUT2D eigenvalue weighted by atomic mass is 16.2.